The van der Waals surface area contributed by atoms with E-state index in [2.05, 4.69) is 17.2 Å². The number of benzene rings is 1. The maximum absolute atomic E-state index is 12.5. The first-order valence-electron chi connectivity index (χ1n) is 9.59. The lowest BCUT2D eigenvalue weighted by Gasteiger charge is -2.33. The Kier molecular flexibility index (Phi) is 6.18. The molecular formula is C20H27N5O2S. The van der Waals surface area contributed by atoms with Crippen LogP contribution in [0.2, 0.25) is 0 Å². The third kappa shape index (κ3) is 4.27. The summed E-state index contributed by atoms with van der Waals surface area (Å²) in [6.07, 6.45) is 4.61. The molecule has 2 atom stereocenters. The largest absolute Gasteiger partial charge is 0.383 e. The van der Waals surface area contributed by atoms with Crippen molar-refractivity contribution in [1.82, 2.24) is 14.9 Å². The van der Waals surface area contributed by atoms with Crippen LogP contribution >= 0.6 is 12.2 Å². The summed E-state index contributed by atoms with van der Waals surface area (Å²) in [4.78, 5) is 28.7. The summed E-state index contributed by atoms with van der Waals surface area (Å²) < 4.78 is 1.36. The van der Waals surface area contributed by atoms with Crippen molar-refractivity contribution < 1.29 is 0 Å². The first-order valence-corrected chi connectivity index (χ1v) is 10.00. The monoisotopic (exact) mass is 401 g/mol. The van der Waals surface area contributed by atoms with Gasteiger partial charge in [-0.15, -0.1) is 0 Å². The number of thiocarbonyl (C=S) groups is 1. The van der Waals surface area contributed by atoms with E-state index in [9.17, 15) is 9.59 Å². The van der Waals surface area contributed by atoms with Crippen LogP contribution in [0, 0.1) is 5.92 Å². The van der Waals surface area contributed by atoms with Crippen molar-refractivity contribution in [3.05, 3.63) is 56.7 Å². The molecular weight excluding hydrogens is 374 g/mol. The molecule has 7 nitrogen and oxygen atoms in total. The highest BCUT2D eigenvalue weighted by molar-refractivity contribution is 7.80. The second-order valence-electron chi connectivity index (χ2n) is 7.44. The number of aromatic nitrogens is 2. The highest BCUT2D eigenvalue weighted by atomic mass is 32.1. The Labute approximate surface area is 169 Å². The van der Waals surface area contributed by atoms with Crippen LogP contribution in [0.3, 0.4) is 0 Å². The van der Waals surface area contributed by atoms with E-state index in [1.807, 2.05) is 30.3 Å². The molecule has 1 aliphatic carbocycles. The smallest absolute Gasteiger partial charge is 0.330 e. The van der Waals surface area contributed by atoms with Crippen LogP contribution in [0.5, 0.6) is 0 Å². The van der Waals surface area contributed by atoms with Gasteiger partial charge in [0.1, 0.15) is 11.5 Å². The number of nitrogen functional groups attached to an aromatic ring is 1. The van der Waals surface area contributed by atoms with Crippen LogP contribution < -0.4 is 27.2 Å². The Bertz CT molecular complexity index is 953. The number of rotatable bonds is 4. The minimum Gasteiger partial charge on any atom is -0.383 e. The maximum Gasteiger partial charge on any atom is 0.330 e. The molecule has 1 saturated carbocycles. The van der Waals surface area contributed by atoms with E-state index in [0.29, 0.717) is 11.0 Å². The second-order valence-corrected chi connectivity index (χ2v) is 7.83. The first kappa shape index (κ1) is 20.1. The van der Waals surface area contributed by atoms with E-state index in [0.717, 1.165) is 18.4 Å². The number of hydrogen-bond donors (Lipinski definition) is 3. The van der Waals surface area contributed by atoms with Gasteiger partial charge < -0.3 is 16.0 Å². The van der Waals surface area contributed by atoms with Crippen LogP contribution in [-0.2, 0) is 6.54 Å². The molecule has 1 heterocycles. The van der Waals surface area contributed by atoms with Gasteiger partial charge in [-0.3, -0.25) is 14.3 Å². The summed E-state index contributed by atoms with van der Waals surface area (Å²) in [5.74, 6) is 0.615. The molecule has 2 aromatic rings. The minimum absolute atomic E-state index is 0.0981. The molecule has 1 fully saturated rings. The Balaban J connectivity index is 1.88. The van der Waals surface area contributed by atoms with Gasteiger partial charge >= 0.3 is 5.69 Å². The molecule has 3 rings (SSSR count). The van der Waals surface area contributed by atoms with E-state index < -0.39 is 11.2 Å². The van der Waals surface area contributed by atoms with Crippen LogP contribution in [0.25, 0.3) is 0 Å². The van der Waals surface area contributed by atoms with E-state index in [1.165, 1.54) is 17.4 Å². The van der Waals surface area contributed by atoms with Gasteiger partial charge in [0.2, 0.25) is 0 Å². The molecule has 1 aromatic heterocycles. The predicted molar refractivity (Wildman–Crippen MR) is 117 cm³/mol. The highest BCUT2D eigenvalue weighted by Crippen LogP contribution is 2.24. The summed E-state index contributed by atoms with van der Waals surface area (Å²) in [5, 5.41) is 3.80. The molecule has 1 aromatic carbocycles. The number of nitrogens with one attached hydrogen (secondary N) is 2. The fraction of sp³-hybridized carbons (Fsp3) is 0.450. The molecule has 0 spiro atoms. The lowest BCUT2D eigenvalue weighted by atomic mass is 9.86. The molecule has 0 saturated heterocycles. The number of aromatic amines is 1. The summed E-state index contributed by atoms with van der Waals surface area (Å²) in [6, 6.07) is 9.75. The van der Waals surface area contributed by atoms with Crippen molar-refractivity contribution in [1.29, 1.82) is 0 Å². The van der Waals surface area contributed by atoms with E-state index in [-0.39, 0.29) is 24.1 Å². The Morgan fingerprint density at radius 3 is 2.64 bits per heavy atom. The van der Waals surface area contributed by atoms with E-state index in [4.69, 9.17) is 18.0 Å². The van der Waals surface area contributed by atoms with Crippen molar-refractivity contribution in [2.75, 3.05) is 17.7 Å². The fourth-order valence-electron chi connectivity index (χ4n) is 3.71. The number of anilines is 2. The van der Waals surface area contributed by atoms with Crippen molar-refractivity contribution in [3.63, 3.8) is 0 Å². The van der Waals surface area contributed by atoms with Gasteiger partial charge in [0, 0.05) is 13.1 Å². The number of nitrogens with two attached hydrogens (primary N) is 1. The van der Waals surface area contributed by atoms with Gasteiger partial charge in [0.05, 0.1) is 6.54 Å². The lowest BCUT2D eigenvalue weighted by molar-refractivity contribution is 0.309. The topological polar surface area (TPSA) is 96.2 Å². The van der Waals surface area contributed by atoms with Gasteiger partial charge in [-0.05, 0) is 36.5 Å². The molecule has 0 amide bonds. The minimum atomic E-state index is -0.546. The Morgan fingerprint density at radius 2 is 1.96 bits per heavy atom. The first-order chi connectivity index (χ1) is 13.4. The van der Waals surface area contributed by atoms with Crippen LogP contribution in [0.4, 0.5) is 11.5 Å². The molecule has 0 aliphatic heterocycles. The fourth-order valence-corrected chi connectivity index (χ4v) is 3.95. The molecule has 0 radical (unpaired) electrons. The predicted octanol–water partition coefficient (Wildman–Crippen LogP) is 2.06. The van der Waals surface area contributed by atoms with E-state index in [1.54, 1.807) is 11.9 Å². The van der Waals surface area contributed by atoms with Crippen molar-refractivity contribution in [2.24, 2.45) is 5.92 Å². The number of hydrogen-bond acceptors (Lipinski definition) is 4. The van der Waals surface area contributed by atoms with Crippen molar-refractivity contribution in [2.45, 2.75) is 45.2 Å². The van der Waals surface area contributed by atoms with Gasteiger partial charge in [-0.1, -0.05) is 50.1 Å². The SMILES string of the molecule is C[C@H]1CCCC[C@@H]1NC(=S)N(C)c1c(N)n(Cc2ccccc2)c(=O)[nH]c1=O. The number of nitrogens with zero attached hydrogens (tertiary/aromatic N) is 2. The van der Waals surface area contributed by atoms with Crippen LogP contribution in [0.1, 0.15) is 38.2 Å². The summed E-state index contributed by atoms with van der Waals surface area (Å²) in [6.45, 7) is 2.48. The zero-order valence-electron chi connectivity index (χ0n) is 16.3. The van der Waals surface area contributed by atoms with Gasteiger partial charge in [-0.2, -0.15) is 0 Å². The third-order valence-corrected chi connectivity index (χ3v) is 5.85. The standard InChI is InChI=1S/C20H27N5O2S/c1-13-8-6-7-11-15(13)22-20(28)24(2)16-17(21)25(19(27)23-18(16)26)12-14-9-4-3-5-10-14/h3-5,9-10,13,15H,6-8,11-12,21H2,1-2H3,(H,22,28)(H,23,26,27)/t13-,15-/m0/s1. The maximum atomic E-state index is 12.5. The quantitative estimate of drug-likeness (QED) is 0.679. The summed E-state index contributed by atoms with van der Waals surface area (Å²) >= 11 is 5.54. The van der Waals surface area contributed by atoms with Crippen molar-refractivity contribution in [3.8, 4) is 0 Å². The molecule has 1 aliphatic rings. The zero-order chi connectivity index (χ0) is 20.3. The van der Waals surface area contributed by atoms with E-state index >= 15 is 0 Å². The zero-order valence-corrected chi connectivity index (χ0v) is 17.1. The van der Waals surface area contributed by atoms with Crippen LogP contribution in [0.15, 0.2) is 39.9 Å². The average Bonchev–Trinajstić information content (AvgIpc) is 2.67. The Morgan fingerprint density at radius 1 is 1.29 bits per heavy atom. The Hall–Kier alpha value is -2.61. The van der Waals surface area contributed by atoms with Gasteiger partial charge in [-0.25, -0.2) is 4.79 Å². The lowest BCUT2D eigenvalue weighted by Crippen LogP contribution is -2.49. The number of H-pyrrole nitrogens is 1. The van der Waals surface area contributed by atoms with Gasteiger partial charge in [0.25, 0.3) is 5.56 Å². The molecule has 150 valence electrons. The molecule has 8 heteroatoms. The molecule has 0 unspecified atom stereocenters. The van der Waals surface area contributed by atoms with Crippen LogP contribution in [-0.4, -0.2) is 27.8 Å². The molecule has 0 bridgehead atoms. The highest BCUT2D eigenvalue weighted by Gasteiger charge is 2.25. The third-order valence-electron chi connectivity index (χ3n) is 5.46. The van der Waals surface area contributed by atoms with Crippen molar-refractivity contribution >= 4 is 28.8 Å². The molecule has 4 N–H and O–H groups in total. The normalized spacial score (nSPS) is 19.2. The summed E-state index contributed by atoms with van der Waals surface area (Å²) in [5.41, 5.74) is 6.25. The average molecular weight is 402 g/mol. The van der Waals surface area contributed by atoms with Gasteiger partial charge in [0.15, 0.2) is 5.11 Å². The summed E-state index contributed by atoms with van der Waals surface area (Å²) in [7, 11) is 1.70. The molecule has 28 heavy (non-hydrogen) atoms. The second kappa shape index (κ2) is 8.60.